The first-order chi connectivity index (χ1) is 14.0. The number of para-hydroxylation sites is 1. The predicted octanol–water partition coefficient (Wildman–Crippen LogP) is 2.18. The molecule has 2 N–H and O–H groups in total. The summed E-state index contributed by atoms with van der Waals surface area (Å²) < 4.78 is 3.82. The van der Waals surface area contributed by atoms with Gasteiger partial charge >= 0.3 is 11.8 Å². The first-order valence-electron chi connectivity index (χ1n) is 9.30. The van der Waals surface area contributed by atoms with E-state index in [0.29, 0.717) is 35.9 Å². The van der Waals surface area contributed by atoms with Crippen LogP contribution < -0.4 is 10.6 Å². The van der Waals surface area contributed by atoms with Gasteiger partial charge in [0.15, 0.2) is 0 Å². The highest BCUT2D eigenvalue weighted by Crippen LogP contribution is 2.24. The minimum Gasteiger partial charge on any atom is -0.348 e. The van der Waals surface area contributed by atoms with Crippen molar-refractivity contribution in [1.29, 1.82) is 0 Å². The third-order valence-corrected chi connectivity index (χ3v) is 6.47. The summed E-state index contributed by atoms with van der Waals surface area (Å²) in [6.07, 6.45) is 3.46. The summed E-state index contributed by atoms with van der Waals surface area (Å²) in [6, 6.07) is 7.35. The van der Waals surface area contributed by atoms with E-state index in [1.54, 1.807) is 17.9 Å². The number of aromatic nitrogens is 2. The van der Waals surface area contributed by atoms with Crippen molar-refractivity contribution >= 4 is 46.7 Å². The zero-order valence-electron chi connectivity index (χ0n) is 16.3. The molecule has 3 amide bonds. The first kappa shape index (κ1) is 21.3. The number of rotatable bonds is 5. The molecule has 29 heavy (non-hydrogen) atoms. The largest absolute Gasteiger partial charge is 0.348 e. The molecule has 0 saturated carbocycles. The van der Waals surface area contributed by atoms with E-state index in [-0.39, 0.29) is 11.8 Å². The van der Waals surface area contributed by atoms with Gasteiger partial charge in [-0.2, -0.15) is 0 Å². The molecule has 2 heterocycles. The molecule has 0 bridgehead atoms. The summed E-state index contributed by atoms with van der Waals surface area (Å²) in [5.74, 6) is -1.13. The van der Waals surface area contributed by atoms with Crippen LogP contribution >= 0.6 is 23.3 Å². The number of carbonyl (C=O) groups is 3. The van der Waals surface area contributed by atoms with Gasteiger partial charge in [-0.15, -0.1) is 16.9 Å². The summed E-state index contributed by atoms with van der Waals surface area (Å²) in [5, 5.41) is 9.26. The van der Waals surface area contributed by atoms with Crippen molar-refractivity contribution in [3.63, 3.8) is 0 Å². The van der Waals surface area contributed by atoms with Crippen LogP contribution in [0.15, 0.2) is 29.2 Å². The Hall–Kier alpha value is -2.46. The Morgan fingerprint density at radius 3 is 2.59 bits per heavy atom. The number of amides is 3. The van der Waals surface area contributed by atoms with E-state index in [1.807, 2.05) is 24.5 Å². The van der Waals surface area contributed by atoms with Crippen molar-refractivity contribution in [1.82, 2.24) is 19.8 Å². The van der Waals surface area contributed by atoms with Gasteiger partial charge in [0.05, 0.1) is 11.4 Å². The Morgan fingerprint density at radius 1 is 1.21 bits per heavy atom. The zero-order valence-corrected chi connectivity index (χ0v) is 17.9. The van der Waals surface area contributed by atoms with Crippen molar-refractivity contribution in [2.75, 3.05) is 31.2 Å². The molecule has 0 spiro atoms. The quantitative estimate of drug-likeness (QED) is 0.553. The van der Waals surface area contributed by atoms with Crippen LogP contribution in [0.25, 0.3) is 0 Å². The first-order valence-corrected chi connectivity index (χ1v) is 11.3. The second-order valence-corrected chi connectivity index (χ2v) is 8.39. The highest BCUT2D eigenvalue weighted by Gasteiger charge is 2.26. The molecule has 10 heteroatoms. The maximum atomic E-state index is 12.5. The van der Waals surface area contributed by atoms with E-state index in [2.05, 4.69) is 20.2 Å². The van der Waals surface area contributed by atoms with Crippen molar-refractivity contribution < 1.29 is 14.4 Å². The lowest BCUT2D eigenvalue weighted by molar-refractivity contribution is -0.136. The predicted molar refractivity (Wildman–Crippen MR) is 113 cm³/mol. The number of thioether (sulfide) groups is 1. The van der Waals surface area contributed by atoms with E-state index in [9.17, 15) is 14.4 Å². The number of aryl methyl sites for hydroxylation is 1. The number of anilines is 1. The molecule has 0 aliphatic carbocycles. The van der Waals surface area contributed by atoms with E-state index >= 15 is 0 Å². The SMILES string of the molecule is CSc1ccccc1NC(=O)C(=O)NCC1CCN(C(=O)c2snnc2C)CC1. The highest BCUT2D eigenvalue weighted by molar-refractivity contribution is 7.98. The summed E-state index contributed by atoms with van der Waals surface area (Å²) in [4.78, 5) is 40.1. The van der Waals surface area contributed by atoms with Crippen LogP contribution in [-0.2, 0) is 9.59 Å². The highest BCUT2D eigenvalue weighted by atomic mass is 32.2. The monoisotopic (exact) mass is 433 g/mol. The van der Waals surface area contributed by atoms with Gasteiger partial charge < -0.3 is 15.5 Å². The van der Waals surface area contributed by atoms with Gasteiger partial charge in [-0.3, -0.25) is 14.4 Å². The topological polar surface area (TPSA) is 104 Å². The Morgan fingerprint density at radius 2 is 1.93 bits per heavy atom. The Kier molecular flexibility index (Phi) is 7.21. The van der Waals surface area contributed by atoms with Gasteiger partial charge in [-0.1, -0.05) is 16.6 Å². The minimum atomic E-state index is -0.674. The van der Waals surface area contributed by atoms with Gasteiger partial charge in [0.2, 0.25) is 0 Å². The second-order valence-electron chi connectivity index (χ2n) is 6.79. The van der Waals surface area contributed by atoms with Crippen LogP contribution in [0.1, 0.15) is 28.2 Å². The number of benzene rings is 1. The Balaban J connectivity index is 1.44. The second kappa shape index (κ2) is 9.84. The molecule has 1 aliphatic heterocycles. The molecule has 2 aromatic rings. The Bertz CT molecular complexity index is 893. The third kappa shape index (κ3) is 5.33. The maximum Gasteiger partial charge on any atom is 0.313 e. The fourth-order valence-corrected chi connectivity index (χ4v) is 4.33. The molecule has 1 aromatic carbocycles. The van der Waals surface area contributed by atoms with Crippen LogP contribution in [0.2, 0.25) is 0 Å². The summed E-state index contributed by atoms with van der Waals surface area (Å²) >= 11 is 2.62. The van der Waals surface area contributed by atoms with Crippen LogP contribution in [0.4, 0.5) is 5.69 Å². The van der Waals surface area contributed by atoms with Crippen molar-refractivity contribution in [3.8, 4) is 0 Å². The third-order valence-electron chi connectivity index (χ3n) is 4.86. The number of likely N-dealkylation sites (tertiary alicyclic amines) is 1. The van der Waals surface area contributed by atoms with Gasteiger partial charge in [-0.25, -0.2) is 0 Å². The summed E-state index contributed by atoms with van der Waals surface area (Å²) in [6.45, 7) is 3.43. The van der Waals surface area contributed by atoms with Crippen LogP contribution in [0, 0.1) is 12.8 Å². The molecular weight excluding hydrogens is 410 g/mol. The van der Waals surface area contributed by atoms with Gasteiger partial charge in [0.25, 0.3) is 5.91 Å². The fourth-order valence-electron chi connectivity index (χ4n) is 3.16. The molecule has 3 rings (SSSR count). The van der Waals surface area contributed by atoms with Crippen molar-refractivity contribution in [3.05, 3.63) is 34.8 Å². The molecule has 1 saturated heterocycles. The van der Waals surface area contributed by atoms with Crippen molar-refractivity contribution in [2.24, 2.45) is 5.92 Å². The maximum absolute atomic E-state index is 12.5. The number of nitrogens with zero attached hydrogens (tertiary/aromatic N) is 3. The average molecular weight is 434 g/mol. The average Bonchev–Trinajstić information content (AvgIpc) is 3.18. The molecule has 1 aromatic heterocycles. The number of piperidine rings is 1. The number of hydrogen-bond donors (Lipinski definition) is 2. The molecule has 1 fully saturated rings. The lowest BCUT2D eigenvalue weighted by atomic mass is 9.96. The number of nitrogens with one attached hydrogen (secondary N) is 2. The van der Waals surface area contributed by atoms with Crippen LogP contribution in [-0.4, -0.2) is 58.1 Å². The van der Waals surface area contributed by atoms with Gasteiger partial charge in [0, 0.05) is 24.5 Å². The van der Waals surface area contributed by atoms with Crippen molar-refractivity contribution in [2.45, 2.75) is 24.7 Å². The zero-order chi connectivity index (χ0) is 20.8. The van der Waals surface area contributed by atoms with E-state index in [1.165, 1.54) is 11.8 Å². The van der Waals surface area contributed by atoms with E-state index < -0.39 is 11.8 Å². The van der Waals surface area contributed by atoms with Gasteiger partial charge in [0.1, 0.15) is 4.88 Å². The molecule has 0 unspecified atom stereocenters. The molecule has 8 nitrogen and oxygen atoms in total. The van der Waals surface area contributed by atoms with E-state index in [0.717, 1.165) is 29.3 Å². The molecule has 154 valence electrons. The Labute approximate surface area is 177 Å². The lowest BCUT2D eigenvalue weighted by Gasteiger charge is -2.31. The summed E-state index contributed by atoms with van der Waals surface area (Å²) in [7, 11) is 0. The lowest BCUT2D eigenvalue weighted by Crippen LogP contribution is -2.43. The molecule has 0 atom stereocenters. The standard InChI is InChI=1S/C19H23N5O3S2/c1-12-16(29-23-22-12)19(27)24-9-7-13(8-10-24)11-20-17(25)18(26)21-14-5-3-4-6-15(14)28-2/h3-6,13H,7-11H2,1-2H3,(H,20,25)(H,21,26). The fraction of sp³-hybridized carbons (Fsp3) is 0.421. The van der Waals surface area contributed by atoms with E-state index in [4.69, 9.17) is 0 Å². The molecule has 1 aliphatic rings. The smallest absolute Gasteiger partial charge is 0.313 e. The molecular formula is C19H23N5O3S2. The number of carbonyl (C=O) groups excluding carboxylic acids is 3. The summed E-state index contributed by atoms with van der Waals surface area (Å²) in [5.41, 5.74) is 1.28. The molecule has 0 radical (unpaired) electrons. The van der Waals surface area contributed by atoms with Gasteiger partial charge in [-0.05, 0) is 55.6 Å². The minimum absolute atomic E-state index is 0.0353. The van der Waals surface area contributed by atoms with Crippen LogP contribution in [0.5, 0.6) is 0 Å². The van der Waals surface area contributed by atoms with Crippen LogP contribution in [0.3, 0.4) is 0 Å². The normalized spacial score (nSPS) is 14.5. The number of hydrogen-bond acceptors (Lipinski definition) is 7.